The van der Waals surface area contributed by atoms with Gasteiger partial charge in [0.25, 0.3) is 0 Å². The van der Waals surface area contributed by atoms with Crippen molar-refractivity contribution in [1.29, 1.82) is 0 Å². The summed E-state index contributed by atoms with van der Waals surface area (Å²) >= 11 is 0. The number of hydrogen-bond acceptors (Lipinski definition) is 3. The number of carbonyl (C=O) groups is 1. The van der Waals surface area contributed by atoms with Crippen molar-refractivity contribution < 1.29 is 9.90 Å². The SMILES string of the molecule is CCN(C)CCNC1(C(=O)O)CCC(C)CC1. The van der Waals surface area contributed by atoms with Crippen LogP contribution in [0.2, 0.25) is 0 Å². The molecule has 1 aliphatic carbocycles. The lowest BCUT2D eigenvalue weighted by molar-refractivity contribution is -0.146. The number of nitrogens with zero attached hydrogens (tertiary/aromatic N) is 1. The lowest BCUT2D eigenvalue weighted by atomic mass is 9.77. The van der Waals surface area contributed by atoms with Gasteiger partial charge in [-0.15, -0.1) is 0 Å². The van der Waals surface area contributed by atoms with Crippen LogP contribution in [-0.2, 0) is 4.79 Å². The first-order valence-electron chi connectivity index (χ1n) is 6.67. The number of carboxylic acids is 1. The van der Waals surface area contributed by atoms with E-state index in [1.54, 1.807) is 0 Å². The molecule has 0 unspecified atom stereocenters. The van der Waals surface area contributed by atoms with Crippen molar-refractivity contribution in [3.8, 4) is 0 Å². The second-order valence-electron chi connectivity index (χ2n) is 5.39. The quantitative estimate of drug-likeness (QED) is 0.742. The molecule has 1 fully saturated rings. The molecule has 0 heterocycles. The average molecular weight is 242 g/mol. The highest BCUT2D eigenvalue weighted by atomic mass is 16.4. The van der Waals surface area contributed by atoms with Gasteiger partial charge < -0.3 is 15.3 Å². The van der Waals surface area contributed by atoms with Crippen LogP contribution in [0, 0.1) is 5.92 Å². The number of likely N-dealkylation sites (N-methyl/N-ethyl adjacent to an activating group) is 1. The monoisotopic (exact) mass is 242 g/mol. The standard InChI is InChI=1S/C13H26N2O2/c1-4-15(3)10-9-14-13(12(16)17)7-5-11(2)6-8-13/h11,14H,4-10H2,1-3H3,(H,16,17). The maximum atomic E-state index is 11.5. The fraction of sp³-hybridized carbons (Fsp3) is 0.923. The third-order valence-electron chi connectivity index (χ3n) is 4.03. The zero-order valence-electron chi connectivity index (χ0n) is 11.3. The van der Waals surface area contributed by atoms with Crippen LogP contribution in [0.15, 0.2) is 0 Å². The van der Waals surface area contributed by atoms with Gasteiger partial charge in [-0.1, -0.05) is 13.8 Å². The predicted octanol–water partition coefficient (Wildman–Crippen LogP) is 1.56. The normalized spacial score (nSPS) is 29.5. The molecule has 0 aromatic rings. The van der Waals surface area contributed by atoms with Gasteiger partial charge in [-0.2, -0.15) is 0 Å². The largest absolute Gasteiger partial charge is 0.480 e. The molecule has 1 rings (SSSR count). The average Bonchev–Trinajstić information content (AvgIpc) is 2.31. The van der Waals surface area contributed by atoms with E-state index in [1.807, 2.05) is 0 Å². The molecule has 0 aliphatic heterocycles. The number of aliphatic carboxylic acids is 1. The molecule has 2 N–H and O–H groups in total. The van der Waals surface area contributed by atoms with E-state index in [-0.39, 0.29) is 0 Å². The molecule has 1 saturated carbocycles. The Morgan fingerprint density at radius 3 is 2.53 bits per heavy atom. The highest BCUT2D eigenvalue weighted by Gasteiger charge is 2.40. The van der Waals surface area contributed by atoms with Gasteiger partial charge in [0, 0.05) is 13.1 Å². The highest BCUT2D eigenvalue weighted by Crippen LogP contribution is 2.31. The first-order valence-corrected chi connectivity index (χ1v) is 6.67. The summed E-state index contributed by atoms with van der Waals surface area (Å²) in [7, 11) is 2.05. The highest BCUT2D eigenvalue weighted by molar-refractivity contribution is 5.78. The molecule has 0 aromatic carbocycles. The smallest absolute Gasteiger partial charge is 0.323 e. The van der Waals surface area contributed by atoms with Crippen LogP contribution in [0.1, 0.15) is 39.5 Å². The van der Waals surface area contributed by atoms with E-state index in [2.05, 4.69) is 31.1 Å². The second-order valence-corrected chi connectivity index (χ2v) is 5.39. The molecule has 0 radical (unpaired) electrons. The molecule has 4 heteroatoms. The Morgan fingerprint density at radius 2 is 2.06 bits per heavy atom. The van der Waals surface area contributed by atoms with Crippen LogP contribution >= 0.6 is 0 Å². The van der Waals surface area contributed by atoms with E-state index in [0.717, 1.165) is 45.3 Å². The molecule has 4 nitrogen and oxygen atoms in total. The number of rotatable bonds is 6. The minimum atomic E-state index is -0.677. The van der Waals surface area contributed by atoms with Crippen LogP contribution in [0.4, 0.5) is 0 Å². The number of carboxylic acid groups (broad SMARTS) is 1. The van der Waals surface area contributed by atoms with E-state index in [4.69, 9.17) is 0 Å². The summed E-state index contributed by atoms with van der Waals surface area (Å²) in [4.78, 5) is 13.6. The summed E-state index contributed by atoms with van der Waals surface area (Å²) in [6, 6.07) is 0. The van der Waals surface area contributed by atoms with Gasteiger partial charge in [0.15, 0.2) is 0 Å². The summed E-state index contributed by atoms with van der Waals surface area (Å²) in [5.74, 6) is -0.00820. The Labute approximate surface area is 104 Å². The van der Waals surface area contributed by atoms with Gasteiger partial charge in [-0.05, 0) is 45.2 Å². The summed E-state index contributed by atoms with van der Waals surface area (Å²) in [5.41, 5.74) is -0.666. The summed E-state index contributed by atoms with van der Waals surface area (Å²) in [6.45, 7) is 6.97. The zero-order valence-corrected chi connectivity index (χ0v) is 11.3. The van der Waals surface area contributed by atoms with Crippen molar-refractivity contribution >= 4 is 5.97 Å². The number of nitrogens with one attached hydrogen (secondary N) is 1. The fourth-order valence-corrected chi connectivity index (χ4v) is 2.37. The first kappa shape index (κ1) is 14.5. The van der Waals surface area contributed by atoms with Gasteiger partial charge in [0.2, 0.25) is 0 Å². The van der Waals surface area contributed by atoms with Crippen LogP contribution < -0.4 is 5.32 Å². The van der Waals surface area contributed by atoms with Crippen molar-refractivity contribution in [3.05, 3.63) is 0 Å². The topological polar surface area (TPSA) is 52.6 Å². The van der Waals surface area contributed by atoms with Crippen molar-refractivity contribution in [2.75, 3.05) is 26.7 Å². The fourth-order valence-electron chi connectivity index (χ4n) is 2.37. The Balaban J connectivity index is 2.46. The zero-order chi connectivity index (χ0) is 12.9. The van der Waals surface area contributed by atoms with Gasteiger partial charge >= 0.3 is 5.97 Å². The molecular weight excluding hydrogens is 216 g/mol. The van der Waals surface area contributed by atoms with E-state index >= 15 is 0 Å². The van der Waals surface area contributed by atoms with Gasteiger partial charge in [-0.25, -0.2) is 0 Å². The first-order chi connectivity index (χ1) is 8.00. The third kappa shape index (κ3) is 3.96. The van der Waals surface area contributed by atoms with E-state index in [9.17, 15) is 9.90 Å². The second kappa shape index (κ2) is 6.36. The molecule has 0 bridgehead atoms. The molecule has 0 spiro atoms. The molecule has 1 aliphatic rings. The molecule has 0 aromatic heterocycles. The maximum absolute atomic E-state index is 11.5. The number of hydrogen-bond donors (Lipinski definition) is 2. The molecule has 0 saturated heterocycles. The third-order valence-corrected chi connectivity index (χ3v) is 4.03. The predicted molar refractivity (Wildman–Crippen MR) is 69.2 cm³/mol. The Hall–Kier alpha value is -0.610. The molecule has 0 atom stereocenters. The lowest BCUT2D eigenvalue weighted by Crippen LogP contribution is -2.55. The molecular formula is C13H26N2O2. The van der Waals surface area contributed by atoms with Crippen LogP contribution in [-0.4, -0.2) is 48.2 Å². The van der Waals surface area contributed by atoms with Crippen LogP contribution in [0.25, 0.3) is 0 Å². The maximum Gasteiger partial charge on any atom is 0.323 e. The van der Waals surface area contributed by atoms with Crippen molar-refractivity contribution in [3.63, 3.8) is 0 Å². The Kier molecular flexibility index (Phi) is 5.40. The van der Waals surface area contributed by atoms with Crippen LogP contribution in [0.5, 0.6) is 0 Å². The minimum absolute atomic E-state index is 0.666. The van der Waals surface area contributed by atoms with Crippen molar-refractivity contribution in [2.24, 2.45) is 5.92 Å². The Morgan fingerprint density at radius 1 is 1.47 bits per heavy atom. The molecule has 17 heavy (non-hydrogen) atoms. The van der Waals surface area contributed by atoms with Gasteiger partial charge in [0.1, 0.15) is 5.54 Å². The molecule has 0 amide bonds. The van der Waals surface area contributed by atoms with E-state index in [0.29, 0.717) is 5.92 Å². The van der Waals surface area contributed by atoms with E-state index < -0.39 is 11.5 Å². The summed E-state index contributed by atoms with van der Waals surface area (Å²) < 4.78 is 0. The Bertz CT molecular complexity index is 248. The minimum Gasteiger partial charge on any atom is -0.480 e. The van der Waals surface area contributed by atoms with Crippen molar-refractivity contribution in [1.82, 2.24) is 10.2 Å². The molecule has 100 valence electrons. The lowest BCUT2D eigenvalue weighted by Gasteiger charge is -2.37. The van der Waals surface area contributed by atoms with Gasteiger partial charge in [-0.3, -0.25) is 4.79 Å². The summed E-state index contributed by atoms with van der Waals surface area (Å²) in [5, 5.41) is 12.7. The van der Waals surface area contributed by atoms with Gasteiger partial charge in [0.05, 0.1) is 0 Å². The van der Waals surface area contributed by atoms with Crippen molar-refractivity contribution in [2.45, 2.75) is 45.1 Å². The van der Waals surface area contributed by atoms with E-state index in [1.165, 1.54) is 0 Å². The summed E-state index contributed by atoms with van der Waals surface area (Å²) in [6.07, 6.45) is 3.56. The van der Waals surface area contributed by atoms with Crippen LogP contribution in [0.3, 0.4) is 0 Å².